The molecule has 19 nitrogen and oxygen atoms in total. The molecule has 0 bridgehead atoms. The van der Waals surface area contributed by atoms with Crippen molar-refractivity contribution >= 4 is 79.6 Å². The molecule has 0 N–H and O–H groups in total. The molecule has 4 aromatic carbocycles. The van der Waals surface area contributed by atoms with Crippen molar-refractivity contribution in [2.24, 2.45) is 0 Å². The van der Waals surface area contributed by atoms with E-state index in [0.717, 1.165) is 113 Å². The van der Waals surface area contributed by atoms with E-state index >= 15 is 0 Å². The smallest absolute Gasteiger partial charge is 0.318 e. The maximum Gasteiger partial charge on any atom is 0.318 e. The standard InChI is InChI=1S/C65H72Cl2N14O5/c1-4-58(82)80-28-26-78(37-47(80)17-21-68)62-50-19-24-76(56-16-8-11-43-10-6-14-52(66)60(43)56)40-54(50)70-64(72-62)85-33-31-75-23-9-13-45(36-75)46-34-44-12-7-15-53(67)61(44)57(35-46)77-25-20-51-55(41-77)71-65(86-42-49-39-74(3)30-32-84-49)73-63(51)79-27-29-81(59(83)5-2)48(38-79)18-22-69/h4-8,10-12,14-16,34-35,45,47-49H,1-2,9,13,17-20,23-33,36-42H2,3H3/t45?,47-,48-,49+/m0/s1. The van der Waals surface area contributed by atoms with Gasteiger partial charge in [0.2, 0.25) is 11.8 Å². The lowest BCUT2D eigenvalue weighted by molar-refractivity contribution is -0.129. The number of amides is 2. The molecule has 12 rings (SSSR count). The number of likely N-dealkylation sites (tertiary alicyclic amines) is 1. The van der Waals surface area contributed by atoms with E-state index in [1.165, 1.54) is 17.7 Å². The van der Waals surface area contributed by atoms with E-state index in [0.29, 0.717) is 114 Å². The zero-order chi connectivity index (χ0) is 59.4. The third-order valence-electron chi connectivity index (χ3n) is 18.0. The molecule has 0 spiro atoms. The molecule has 2 amide bonds. The number of likely N-dealkylation sites (N-methyl/N-ethyl adjacent to an activating group) is 1. The molecule has 2 aromatic heterocycles. The maximum atomic E-state index is 13.0. The first-order valence-corrected chi connectivity index (χ1v) is 30.8. The first kappa shape index (κ1) is 58.6. The maximum absolute atomic E-state index is 13.0. The van der Waals surface area contributed by atoms with Crippen LogP contribution in [0.5, 0.6) is 12.0 Å². The van der Waals surface area contributed by atoms with Crippen LogP contribution in [-0.2, 0) is 40.3 Å². The average Bonchev–Trinajstić information content (AvgIpc) is 1.32. The van der Waals surface area contributed by atoms with Crippen molar-refractivity contribution in [3.05, 3.63) is 130 Å². The summed E-state index contributed by atoms with van der Waals surface area (Å²) in [5.74, 6) is 1.44. The van der Waals surface area contributed by atoms with Crippen molar-refractivity contribution in [1.29, 1.82) is 10.5 Å². The van der Waals surface area contributed by atoms with E-state index in [2.05, 4.69) is 104 Å². The molecule has 21 heteroatoms. The lowest BCUT2D eigenvalue weighted by Crippen LogP contribution is -2.55. The number of halogens is 2. The van der Waals surface area contributed by atoms with Crippen LogP contribution in [0.3, 0.4) is 0 Å². The number of hydrogen-bond acceptors (Lipinski definition) is 17. The Kier molecular flexibility index (Phi) is 17.8. The molecule has 0 saturated carbocycles. The van der Waals surface area contributed by atoms with Gasteiger partial charge in [0, 0.05) is 112 Å². The number of carbonyl (C=O) groups excluding carboxylic acids is 2. The number of hydrogen-bond donors (Lipinski definition) is 0. The fraction of sp³-hybridized carbons (Fsp3) is 0.446. The number of piperazine rings is 2. The number of nitrogens with zero attached hydrogens (tertiary/aromatic N) is 14. The number of morpholine rings is 1. The van der Waals surface area contributed by atoms with Crippen molar-refractivity contribution in [2.45, 2.75) is 75.7 Å². The quantitative estimate of drug-likeness (QED) is 0.0843. The summed E-state index contributed by atoms with van der Waals surface area (Å²) in [6, 6.07) is 27.6. The van der Waals surface area contributed by atoms with Crippen LogP contribution in [0, 0.1) is 22.7 Å². The Morgan fingerprint density at radius 2 is 1.26 bits per heavy atom. The Bertz CT molecular complexity index is 3650. The van der Waals surface area contributed by atoms with Crippen LogP contribution in [0.15, 0.2) is 92.0 Å². The predicted octanol–water partition coefficient (Wildman–Crippen LogP) is 8.21. The molecule has 4 atom stereocenters. The number of rotatable bonds is 16. The van der Waals surface area contributed by atoms with E-state index in [1.54, 1.807) is 9.80 Å². The highest BCUT2D eigenvalue weighted by Gasteiger charge is 2.37. The van der Waals surface area contributed by atoms with Gasteiger partial charge in [-0.1, -0.05) is 78.8 Å². The summed E-state index contributed by atoms with van der Waals surface area (Å²) in [6.07, 6.45) is 6.27. The molecule has 0 radical (unpaired) electrons. The molecule has 0 aliphatic carbocycles. The van der Waals surface area contributed by atoms with Crippen LogP contribution in [-0.4, -0.2) is 181 Å². The first-order valence-electron chi connectivity index (χ1n) is 30.0. The van der Waals surface area contributed by atoms with Crippen molar-refractivity contribution in [3.8, 4) is 24.2 Å². The van der Waals surface area contributed by atoms with Gasteiger partial charge in [0.05, 0.1) is 78.2 Å². The van der Waals surface area contributed by atoms with Crippen LogP contribution in [0.4, 0.5) is 23.0 Å². The Morgan fingerprint density at radius 3 is 1.86 bits per heavy atom. The second-order valence-corrected chi connectivity index (χ2v) is 24.1. The van der Waals surface area contributed by atoms with Gasteiger partial charge in [0.25, 0.3) is 0 Å². The second kappa shape index (κ2) is 26.1. The lowest BCUT2D eigenvalue weighted by atomic mass is 9.88. The van der Waals surface area contributed by atoms with Crippen molar-refractivity contribution in [3.63, 3.8) is 0 Å². The average molecular weight is 1200 g/mol. The van der Waals surface area contributed by atoms with E-state index in [4.69, 9.17) is 57.3 Å². The summed E-state index contributed by atoms with van der Waals surface area (Å²) in [5.41, 5.74) is 7.17. The summed E-state index contributed by atoms with van der Waals surface area (Å²) >= 11 is 14.1. The summed E-state index contributed by atoms with van der Waals surface area (Å²) in [7, 11) is 2.08. The molecule has 446 valence electrons. The van der Waals surface area contributed by atoms with Crippen molar-refractivity contribution < 1.29 is 23.8 Å². The number of benzene rings is 4. The molecule has 6 aliphatic rings. The van der Waals surface area contributed by atoms with Crippen LogP contribution in [0.25, 0.3) is 21.5 Å². The monoisotopic (exact) mass is 1200 g/mol. The summed E-state index contributed by atoms with van der Waals surface area (Å²) < 4.78 is 19.1. The van der Waals surface area contributed by atoms with Gasteiger partial charge >= 0.3 is 12.0 Å². The lowest BCUT2D eigenvalue weighted by Gasteiger charge is -2.42. The fourth-order valence-electron chi connectivity index (χ4n) is 13.7. The molecular weight excluding hydrogens is 1130 g/mol. The highest BCUT2D eigenvalue weighted by atomic mass is 35.5. The molecule has 6 aromatic rings. The molecule has 86 heavy (non-hydrogen) atoms. The van der Waals surface area contributed by atoms with Gasteiger partial charge in [-0.25, -0.2) is 0 Å². The van der Waals surface area contributed by atoms with Crippen LogP contribution in [0.2, 0.25) is 10.0 Å². The SMILES string of the molecule is C=CC(=O)N1CCN(c2nc(OCCN3CCCC(c4cc(N5CCc6c(nc(OC[C@H]7CN(C)CCO7)nc6N6CCN(C(=O)C=C)[C@@H](CC#N)C6)C5)c5c(Cl)cccc5c4)C3)nc3c2CCN(c2cccc4cccc(Cl)c24)C3)C[C@@H]1CC#N. The molecular formula is C65H72Cl2N14O5. The molecule has 4 saturated heterocycles. The fourth-order valence-corrected chi connectivity index (χ4v) is 14.2. The highest BCUT2D eigenvalue weighted by molar-refractivity contribution is 6.37. The third kappa shape index (κ3) is 12.3. The van der Waals surface area contributed by atoms with Gasteiger partial charge in [-0.3, -0.25) is 14.5 Å². The zero-order valence-electron chi connectivity index (χ0n) is 48.8. The Hall–Kier alpha value is -7.78. The Balaban J connectivity index is 0.789. The van der Waals surface area contributed by atoms with Gasteiger partial charge in [-0.2, -0.15) is 30.5 Å². The number of aromatic nitrogens is 4. The minimum absolute atomic E-state index is 0.131. The van der Waals surface area contributed by atoms with E-state index in [1.807, 2.05) is 24.3 Å². The van der Waals surface area contributed by atoms with Gasteiger partial charge in [0.15, 0.2) is 0 Å². The van der Waals surface area contributed by atoms with Crippen LogP contribution >= 0.6 is 23.2 Å². The van der Waals surface area contributed by atoms with Gasteiger partial charge in [0.1, 0.15) is 31.0 Å². The summed E-state index contributed by atoms with van der Waals surface area (Å²) in [5, 5.41) is 25.2. The Morgan fingerprint density at radius 1 is 0.674 bits per heavy atom. The highest BCUT2D eigenvalue weighted by Crippen LogP contribution is 2.42. The van der Waals surface area contributed by atoms with Gasteiger partial charge in [-0.15, -0.1) is 0 Å². The minimum atomic E-state index is -0.326. The summed E-state index contributed by atoms with van der Waals surface area (Å²) in [6.45, 7) is 18.1. The number of fused-ring (bicyclic) bond motifs is 4. The number of piperidine rings is 1. The second-order valence-electron chi connectivity index (χ2n) is 23.3. The molecule has 4 fully saturated rings. The van der Waals surface area contributed by atoms with Crippen molar-refractivity contribution in [2.75, 3.05) is 132 Å². The predicted molar refractivity (Wildman–Crippen MR) is 334 cm³/mol. The Labute approximate surface area is 512 Å². The molecule has 1 unspecified atom stereocenters. The van der Waals surface area contributed by atoms with E-state index < -0.39 is 0 Å². The van der Waals surface area contributed by atoms with E-state index in [-0.39, 0.29) is 54.8 Å². The molecule has 8 heterocycles. The first-order chi connectivity index (χ1) is 42.0. The normalized spacial score (nSPS) is 21.1. The van der Waals surface area contributed by atoms with Crippen molar-refractivity contribution in [1.82, 2.24) is 39.5 Å². The molecule has 6 aliphatic heterocycles. The van der Waals surface area contributed by atoms with Crippen LogP contribution in [0.1, 0.15) is 59.7 Å². The zero-order valence-corrected chi connectivity index (χ0v) is 50.3. The third-order valence-corrected chi connectivity index (χ3v) is 18.6. The summed E-state index contributed by atoms with van der Waals surface area (Å²) in [4.78, 5) is 63.7. The number of anilines is 4. The topological polar surface area (TPSA) is 187 Å². The largest absolute Gasteiger partial charge is 0.462 e. The van der Waals surface area contributed by atoms with E-state index in [9.17, 15) is 20.1 Å². The minimum Gasteiger partial charge on any atom is -0.462 e. The van der Waals surface area contributed by atoms with Gasteiger partial charge in [-0.05, 0) is 97.9 Å². The number of nitriles is 2. The van der Waals surface area contributed by atoms with Gasteiger partial charge < -0.3 is 48.5 Å². The van der Waals surface area contributed by atoms with Crippen LogP contribution < -0.4 is 29.1 Å². The number of carbonyl (C=O) groups is 2. The number of ether oxygens (including phenoxy) is 3.